The Morgan fingerprint density at radius 3 is 1.01 bits per heavy atom. The summed E-state index contributed by atoms with van der Waals surface area (Å²) in [5.74, 6) is -0.183. The van der Waals surface area contributed by atoms with Gasteiger partial charge in [0.25, 0.3) is 0 Å². The number of amides is 1. The second-order valence-electron chi connectivity index (χ2n) is 25.3. The van der Waals surface area contributed by atoms with Crippen LogP contribution in [0.2, 0.25) is 0 Å². The van der Waals surface area contributed by atoms with Gasteiger partial charge in [-0.05, 0) is 44.9 Å². The highest BCUT2D eigenvalue weighted by atomic mass is 31.2. The molecule has 0 bridgehead atoms. The van der Waals surface area contributed by atoms with Gasteiger partial charge in [0.15, 0.2) is 0 Å². The van der Waals surface area contributed by atoms with Crippen molar-refractivity contribution in [2.45, 2.75) is 366 Å². The molecule has 0 heterocycles. The standard InChI is InChI=1S/C70H137N2O6P/c1-6-8-10-12-14-16-18-20-22-24-26-28-30-32-34-36-37-39-41-43-45-47-49-51-53-55-57-59-61-63-69(73)68(67-78-79(75,76)77-66-65-72(3,4)5)71-70(74)64-62-60-58-56-54-52-50-48-46-44-42-40-38-35-33-31-29-27-25-23-21-19-17-15-13-11-9-7-2/h45,47,53,55,61,63,68-69,73H,6-44,46,48-52,54,56-60,62,64-67H2,1-5H3,(H-,71,74,75,76)/p+1/b47-45+,55-53+,63-61+. The Bertz CT molecular complexity index is 1380. The van der Waals surface area contributed by atoms with Gasteiger partial charge in [0, 0.05) is 6.42 Å². The number of carbonyl (C=O) groups excluding carboxylic acids is 1. The first-order valence-corrected chi connectivity index (χ1v) is 36.4. The Balaban J connectivity index is 4.11. The van der Waals surface area contributed by atoms with Crippen molar-refractivity contribution in [2.75, 3.05) is 40.9 Å². The first kappa shape index (κ1) is 77.7. The van der Waals surface area contributed by atoms with E-state index in [-0.39, 0.29) is 19.1 Å². The SMILES string of the molecule is CCCCCCCCCCCCCCCCCCCCC/C=C/CC/C=C/CC/C=C/C(O)C(COP(=O)(O)OCC[N+](C)(C)C)NC(=O)CCCCCCCCCCCCCCCCCCCCCCCCCCCCCC. The Morgan fingerprint density at radius 1 is 0.418 bits per heavy atom. The van der Waals surface area contributed by atoms with Crippen molar-refractivity contribution < 1.29 is 32.9 Å². The van der Waals surface area contributed by atoms with E-state index in [0.717, 1.165) is 44.9 Å². The maximum atomic E-state index is 13.0. The Kier molecular flexibility index (Phi) is 60.3. The number of aliphatic hydroxyl groups is 1. The van der Waals surface area contributed by atoms with Crippen LogP contribution >= 0.6 is 7.82 Å². The molecule has 0 aliphatic rings. The fraction of sp³-hybridized carbons (Fsp3) is 0.900. The molecule has 79 heavy (non-hydrogen) atoms. The van der Waals surface area contributed by atoms with Crippen LogP contribution in [0.25, 0.3) is 0 Å². The quantitative estimate of drug-likeness (QED) is 0.0243. The zero-order valence-electron chi connectivity index (χ0n) is 53.6. The maximum absolute atomic E-state index is 13.0. The third kappa shape index (κ3) is 64.1. The van der Waals surface area contributed by atoms with Gasteiger partial charge in [-0.1, -0.05) is 339 Å². The number of phosphoric ester groups is 1. The number of nitrogens with one attached hydrogen (secondary N) is 1. The molecule has 0 aromatic rings. The Hall–Kier alpha value is -1.28. The summed E-state index contributed by atoms with van der Waals surface area (Å²) in [7, 11) is 1.56. The van der Waals surface area contributed by atoms with E-state index >= 15 is 0 Å². The van der Waals surface area contributed by atoms with Crippen molar-refractivity contribution in [2.24, 2.45) is 0 Å². The number of allylic oxidation sites excluding steroid dienone is 5. The topological polar surface area (TPSA) is 105 Å². The van der Waals surface area contributed by atoms with E-state index in [4.69, 9.17) is 9.05 Å². The fourth-order valence-corrected chi connectivity index (χ4v) is 11.4. The average Bonchev–Trinajstić information content (AvgIpc) is 3.42. The second kappa shape index (κ2) is 61.3. The van der Waals surface area contributed by atoms with E-state index in [0.29, 0.717) is 17.4 Å². The van der Waals surface area contributed by atoms with Gasteiger partial charge in [-0.3, -0.25) is 13.8 Å². The molecule has 0 aromatic heterocycles. The van der Waals surface area contributed by atoms with Gasteiger partial charge in [-0.2, -0.15) is 0 Å². The number of hydrogen-bond donors (Lipinski definition) is 3. The molecule has 0 aromatic carbocycles. The maximum Gasteiger partial charge on any atom is 0.472 e. The summed E-state index contributed by atoms with van der Waals surface area (Å²) in [6.07, 6.45) is 81.6. The minimum atomic E-state index is -4.36. The minimum Gasteiger partial charge on any atom is -0.387 e. The van der Waals surface area contributed by atoms with Crippen LogP contribution in [0.3, 0.4) is 0 Å². The molecule has 3 N–H and O–H groups in total. The average molecular weight is 1130 g/mol. The second-order valence-corrected chi connectivity index (χ2v) is 26.7. The van der Waals surface area contributed by atoms with E-state index < -0.39 is 20.0 Å². The summed E-state index contributed by atoms with van der Waals surface area (Å²) in [6.45, 7) is 4.85. The van der Waals surface area contributed by atoms with E-state index in [1.807, 2.05) is 27.2 Å². The highest BCUT2D eigenvalue weighted by Gasteiger charge is 2.28. The van der Waals surface area contributed by atoms with Gasteiger partial charge in [-0.25, -0.2) is 4.57 Å². The summed E-state index contributed by atoms with van der Waals surface area (Å²) < 4.78 is 23.8. The first-order chi connectivity index (χ1) is 38.5. The molecule has 0 saturated carbocycles. The number of unbranched alkanes of at least 4 members (excludes halogenated alkanes) is 48. The van der Waals surface area contributed by atoms with Gasteiger partial charge in [0.1, 0.15) is 13.2 Å². The molecule has 0 spiro atoms. The van der Waals surface area contributed by atoms with Gasteiger partial charge < -0.3 is 19.8 Å². The highest BCUT2D eigenvalue weighted by molar-refractivity contribution is 7.47. The predicted octanol–water partition coefficient (Wildman–Crippen LogP) is 22.1. The van der Waals surface area contributed by atoms with Gasteiger partial charge in [0.2, 0.25) is 5.91 Å². The molecule has 468 valence electrons. The van der Waals surface area contributed by atoms with Crippen molar-refractivity contribution in [3.8, 4) is 0 Å². The third-order valence-electron chi connectivity index (χ3n) is 16.1. The lowest BCUT2D eigenvalue weighted by atomic mass is 10.0. The zero-order chi connectivity index (χ0) is 57.7. The molecule has 0 saturated heterocycles. The summed E-state index contributed by atoms with van der Waals surface area (Å²) in [6, 6.07) is -0.869. The molecule has 3 unspecified atom stereocenters. The first-order valence-electron chi connectivity index (χ1n) is 34.9. The number of rotatable bonds is 65. The number of aliphatic hydroxyl groups excluding tert-OH is 1. The van der Waals surface area contributed by atoms with E-state index in [9.17, 15) is 19.4 Å². The highest BCUT2D eigenvalue weighted by Crippen LogP contribution is 2.43. The lowest BCUT2D eigenvalue weighted by molar-refractivity contribution is -0.870. The number of likely N-dealkylation sites (N-methyl/N-ethyl adjacent to an activating group) is 1. The molecule has 0 aliphatic carbocycles. The van der Waals surface area contributed by atoms with Crippen LogP contribution < -0.4 is 5.32 Å². The van der Waals surface area contributed by atoms with Crippen molar-refractivity contribution in [1.82, 2.24) is 5.32 Å². The summed E-state index contributed by atoms with van der Waals surface area (Å²) in [4.78, 5) is 23.4. The molecule has 0 aliphatic heterocycles. The van der Waals surface area contributed by atoms with Crippen LogP contribution in [0.1, 0.15) is 354 Å². The van der Waals surface area contributed by atoms with E-state index in [2.05, 4.69) is 43.5 Å². The van der Waals surface area contributed by atoms with Crippen LogP contribution in [0, 0.1) is 0 Å². The number of nitrogens with zero attached hydrogens (tertiary/aromatic N) is 1. The number of hydrogen-bond acceptors (Lipinski definition) is 5. The van der Waals surface area contributed by atoms with Crippen molar-refractivity contribution >= 4 is 13.7 Å². The normalized spacial score (nSPS) is 13.9. The minimum absolute atomic E-state index is 0.0554. The molecule has 3 atom stereocenters. The monoisotopic (exact) mass is 1130 g/mol. The van der Waals surface area contributed by atoms with Crippen LogP contribution in [0.4, 0.5) is 0 Å². The smallest absolute Gasteiger partial charge is 0.387 e. The van der Waals surface area contributed by atoms with E-state index in [1.54, 1.807) is 6.08 Å². The Morgan fingerprint density at radius 2 is 0.696 bits per heavy atom. The van der Waals surface area contributed by atoms with Crippen LogP contribution in [0.15, 0.2) is 36.5 Å². The molecule has 9 heteroatoms. The van der Waals surface area contributed by atoms with Crippen molar-refractivity contribution in [3.63, 3.8) is 0 Å². The molecular formula is C70H138N2O6P+. The summed E-state index contributed by atoms with van der Waals surface area (Å²) >= 11 is 0. The molecule has 0 rings (SSSR count). The number of quaternary nitrogens is 1. The molecule has 0 radical (unpaired) electrons. The van der Waals surface area contributed by atoms with Crippen molar-refractivity contribution in [1.29, 1.82) is 0 Å². The summed E-state index contributed by atoms with van der Waals surface area (Å²) in [5, 5.41) is 14.0. The van der Waals surface area contributed by atoms with Crippen LogP contribution in [-0.4, -0.2) is 73.4 Å². The Labute approximate surface area is 493 Å². The molecule has 0 fully saturated rings. The zero-order valence-corrected chi connectivity index (χ0v) is 54.5. The van der Waals surface area contributed by atoms with Crippen LogP contribution in [-0.2, 0) is 18.4 Å². The molecule has 1 amide bonds. The third-order valence-corrected chi connectivity index (χ3v) is 17.1. The largest absolute Gasteiger partial charge is 0.472 e. The van der Waals surface area contributed by atoms with Gasteiger partial charge in [0.05, 0.1) is 39.9 Å². The fourth-order valence-electron chi connectivity index (χ4n) is 10.7. The lowest BCUT2D eigenvalue weighted by Gasteiger charge is -2.25. The van der Waals surface area contributed by atoms with Gasteiger partial charge in [-0.15, -0.1) is 0 Å². The number of phosphoric acid groups is 1. The summed E-state index contributed by atoms with van der Waals surface area (Å²) in [5.41, 5.74) is 0. The van der Waals surface area contributed by atoms with E-state index in [1.165, 1.54) is 289 Å². The molecular weight excluding hydrogens is 996 g/mol. The van der Waals surface area contributed by atoms with Crippen molar-refractivity contribution in [3.05, 3.63) is 36.5 Å². The van der Waals surface area contributed by atoms with Gasteiger partial charge >= 0.3 is 7.82 Å². The van der Waals surface area contributed by atoms with Crippen LogP contribution in [0.5, 0.6) is 0 Å². The predicted molar refractivity (Wildman–Crippen MR) is 346 cm³/mol. The molecule has 8 nitrogen and oxygen atoms in total. The lowest BCUT2D eigenvalue weighted by Crippen LogP contribution is -2.45. The number of carbonyl (C=O) groups is 1.